The Labute approximate surface area is 228 Å². The third-order valence-corrected chi connectivity index (χ3v) is 7.04. The molecule has 4 aromatic rings. The summed E-state index contributed by atoms with van der Waals surface area (Å²) >= 11 is 0. The van der Waals surface area contributed by atoms with E-state index >= 15 is 0 Å². The van der Waals surface area contributed by atoms with Crippen LogP contribution < -0.4 is 21.3 Å². The molecule has 1 saturated heterocycles. The summed E-state index contributed by atoms with van der Waals surface area (Å²) in [5.41, 5.74) is 10.8. The lowest BCUT2D eigenvalue weighted by molar-refractivity contribution is 0.0852. The van der Waals surface area contributed by atoms with Gasteiger partial charge in [-0.05, 0) is 69.0 Å². The molecule has 2 aromatic carbocycles. The van der Waals surface area contributed by atoms with Crippen molar-refractivity contribution in [2.45, 2.75) is 45.2 Å². The quantitative estimate of drug-likeness (QED) is 0.318. The zero-order valence-electron chi connectivity index (χ0n) is 22.7. The van der Waals surface area contributed by atoms with Crippen LogP contribution in [0, 0.1) is 6.92 Å². The average Bonchev–Trinajstić information content (AvgIpc) is 2.94. The number of rotatable bonds is 7. The summed E-state index contributed by atoms with van der Waals surface area (Å²) in [5, 5.41) is 6.39. The molecule has 0 bridgehead atoms. The number of anilines is 4. The van der Waals surface area contributed by atoms with E-state index in [-0.39, 0.29) is 5.91 Å². The van der Waals surface area contributed by atoms with Gasteiger partial charge in [-0.25, -0.2) is 19.9 Å². The molecule has 10 nitrogen and oxygen atoms in total. The Morgan fingerprint density at radius 2 is 1.90 bits per heavy atom. The van der Waals surface area contributed by atoms with Crippen LogP contribution in [0.1, 0.15) is 48.2 Å². The fourth-order valence-corrected chi connectivity index (χ4v) is 4.57. The lowest BCUT2D eigenvalue weighted by atomic mass is 9.94. The van der Waals surface area contributed by atoms with Crippen LogP contribution in [0.4, 0.5) is 23.1 Å². The van der Waals surface area contributed by atoms with E-state index in [1.54, 1.807) is 12.3 Å². The molecular weight excluding hydrogens is 492 g/mol. The maximum atomic E-state index is 13.0. The fourth-order valence-electron chi connectivity index (χ4n) is 4.57. The van der Waals surface area contributed by atoms with Gasteiger partial charge >= 0.3 is 0 Å². The van der Waals surface area contributed by atoms with Gasteiger partial charge in [-0.1, -0.05) is 18.2 Å². The largest absolute Gasteiger partial charge is 0.381 e. The normalized spacial score (nSPS) is 14.3. The minimum absolute atomic E-state index is 0.211. The molecule has 39 heavy (non-hydrogen) atoms. The van der Waals surface area contributed by atoms with Crippen LogP contribution in [0.15, 0.2) is 55.0 Å². The van der Waals surface area contributed by atoms with Crippen molar-refractivity contribution >= 4 is 40.1 Å². The number of aromatic nitrogens is 4. The van der Waals surface area contributed by atoms with E-state index in [0.717, 1.165) is 42.9 Å². The highest BCUT2D eigenvalue weighted by atomic mass is 16.5. The molecule has 0 unspecified atom stereocenters. The molecule has 4 N–H and O–H groups in total. The standard InChI is InChI=1S/C29H34N8O2/c1-18-8-9-21(34-27(38)19-6-5-7-20(14-19)29(2,3)30)15-23(18)35-26-25-24(32-17-33-26)16-31-28(36-25)37(4)22-10-12-39-13-11-22/h5-9,14-17,22H,10-13,30H2,1-4H3,(H,34,38)(H,32,33,35). The number of hydrogen-bond acceptors (Lipinski definition) is 9. The van der Waals surface area contributed by atoms with Crippen molar-refractivity contribution in [1.29, 1.82) is 0 Å². The predicted octanol–water partition coefficient (Wildman–Crippen LogP) is 4.53. The Morgan fingerprint density at radius 1 is 1.10 bits per heavy atom. The van der Waals surface area contributed by atoms with E-state index in [1.807, 2.05) is 64.2 Å². The number of benzene rings is 2. The highest BCUT2D eigenvalue weighted by Crippen LogP contribution is 2.28. The second-order valence-electron chi connectivity index (χ2n) is 10.5. The third kappa shape index (κ3) is 5.97. The molecule has 0 atom stereocenters. The number of ether oxygens (including phenoxy) is 1. The van der Waals surface area contributed by atoms with Crippen molar-refractivity contribution in [3.63, 3.8) is 0 Å². The second kappa shape index (κ2) is 10.9. The zero-order valence-corrected chi connectivity index (χ0v) is 22.7. The average molecular weight is 527 g/mol. The molecule has 3 heterocycles. The first kappa shape index (κ1) is 26.5. The van der Waals surface area contributed by atoms with E-state index in [4.69, 9.17) is 15.5 Å². The molecule has 1 aliphatic heterocycles. The number of carbonyl (C=O) groups excluding carboxylic acids is 1. The number of aryl methyl sites for hydroxylation is 1. The number of nitrogens with two attached hydrogens (primary N) is 1. The van der Waals surface area contributed by atoms with Gasteiger partial charge in [0.05, 0.1) is 6.20 Å². The van der Waals surface area contributed by atoms with E-state index in [0.29, 0.717) is 40.1 Å². The minimum atomic E-state index is -0.541. The number of amides is 1. The van der Waals surface area contributed by atoms with Crippen LogP contribution in [-0.4, -0.2) is 52.1 Å². The first-order chi connectivity index (χ1) is 18.7. The van der Waals surface area contributed by atoms with Gasteiger partial charge < -0.3 is 26.0 Å². The molecule has 1 amide bonds. The van der Waals surface area contributed by atoms with Crippen LogP contribution in [0.2, 0.25) is 0 Å². The second-order valence-corrected chi connectivity index (χ2v) is 10.5. The van der Waals surface area contributed by atoms with Gasteiger partial charge in [-0.15, -0.1) is 0 Å². The molecular formula is C29H34N8O2. The van der Waals surface area contributed by atoms with Gasteiger partial charge in [0.25, 0.3) is 5.91 Å². The summed E-state index contributed by atoms with van der Waals surface area (Å²) < 4.78 is 5.50. The van der Waals surface area contributed by atoms with Gasteiger partial charge in [-0.3, -0.25) is 4.79 Å². The molecule has 1 fully saturated rings. The molecule has 1 aliphatic rings. The van der Waals surface area contributed by atoms with E-state index in [1.165, 1.54) is 6.33 Å². The van der Waals surface area contributed by atoms with Crippen molar-refractivity contribution in [1.82, 2.24) is 19.9 Å². The van der Waals surface area contributed by atoms with Crippen LogP contribution in [-0.2, 0) is 10.3 Å². The molecule has 202 valence electrons. The number of hydrogen-bond donors (Lipinski definition) is 3. The lowest BCUT2D eigenvalue weighted by Gasteiger charge is -2.31. The molecule has 0 aliphatic carbocycles. The number of carbonyl (C=O) groups is 1. The fraction of sp³-hybridized carbons (Fsp3) is 0.345. The molecule has 0 saturated carbocycles. The monoisotopic (exact) mass is 526 g/mol. The van der Waals surface area contributed by atoms with Crippen molar-refractivity contribution in [3.8, 4) is 0 Å². The first-order valence-corrected chi connectivity index (χ1v) is 13.1. The SMILES string of the molecule is Cc1ccc(NC(=O)c2cccc(C(C)(C)N)c2)cc1Nc1ncnc2cnc(N(C)C3CCOCC3)nc12. The Kier molecular flexibility index (Phi) is 7.40. The van der Waals surface area contributed by atoms with Crippen LogP contribution in [0.25, 0.3) is 11.0 Å². The number of fused-ring (bicyclic) bond motifs is 1. The van der Waals surface area contributed by atoms with Gasteiger partial charge in [0.1, 0.15) is 17.4 Å². The highest BCUT2D eigenvalue weighted by Gasteiger charge is 2.22. The van der Waals surface area contributed by atoms with E-state index < -0.39 is 5.54 Å². The Bertz CT molecular complexity index is 1490. The van der Waals surface area contributed by atoms with Crippen molar-refractivity contribution in [2.24, 2.45) is 5.73 Å². The van der Waals surface area contributed by atoms with Crippen LogP contribution in [0.5, 0.6) is 0 Å². The lowest BCUT2D eigenvalue weighted by Crippen LogP contribution is -2.37. The first-order valence-electron chi connectivity index (χ1n) is 13.1. The molecule has 0 spiro atoms. The Morgan fingerprint density at radius 3 is 2.67 bits per heavy atom. The Hall–Kier alpha value is -4.15. The number of nitrogens with zero attached hydrogens (tertiary/aromatic N) is 5. The summed E-state index contributed by atoms with van der Waals surface area (Å²) in [6.07, 6.45) is 5.07. The maximum absolute atomic E-state index is 13.0. The van der Waals surface area contributed by atoms with Gasteiger partial charge in [0.2, 0.25) is 5.95 Å². The Balaban J connectivity index is 1.39. The predicted molar refractivity (Wildman–Crippen MR) is 153 cm³/mol. The molecule has 10 heteroatoms. The minimum Gasteiger partial charge on any atom is -0.381 e. The summed E-state index contributed by atoms with van der Waals surface area (Å²) in [7, 11) is 2.01. The van der Waals surface area contributed by atoms with Crippen molar-refractivity contribution in [3.05, 3.63) is 71.7 Å². The number of nitrogens with one attached hydrogen (secondary N) is 2. The van der Waals surface area contributed by atoms with Gasteiger partial charge in [0.15, 0.2) is 5.82 Å². The van der Waals surface area contributed by atoms with E-state index in [2.05, 4.69) is 30.5 Å². The third-order valence-electron chi connectivity index (χ3n) is 7.04. The van der Waals surface area contributed by atoms with Gasteiger partial charge in [-0.2, -0.15) is 0 Å². The maximum Gasteiger partial charge on any atom is 0.255 e. The van der Waals surface area contributed by atoms with Crippen molar-refractivity contribution in [2.75, 3.05) is 35.8 Å². The summed E-state index contributed by atoms with van der Waals surface area (Å²) in [6.45, 7) is 7.29. The van der Waals surface area contributed by atoms with Crippen LogP contribution >= 0.6 is 0 Å². The highest BCUT2D eigenvalue weighted by molar-refractivity contribution is 6.04. The molecule has 2 aromatic heterocycles. The summed E-state index contributed by atoms with van der Waals surface area (Å²) in [5.74, 6) is 0.971. The smallest absolute Gasteiger partial charge is 0.255 e. The van der Waals surface area contributed by atoms with Gasteiger partial charge in [0, 0.05) is 48.8 Å². The van der Waals surface area contributed by atoms with Crippen LogP contribution in [0.3, 0.4) is 0 Å². The molecule has 0 radical (unpaired) electrons. The van der Waals surface area contributed by atoms with Crippen molar-refractivity contribution < 1.29 is 9.53 Å². The van der Waals surface area contributed by atoms with E-state index in [9.17, 15) is 4.79 Å². The summed E-state index contributed by atoms with van der Waals surface area (Å²) in [4.78, 5) is 33.3. The zero-order chi connectivity index (χ0) is 27.6. The molecule has 5 rings (SSSR count). The summed E-state index contributed by atoms with van der Waals surface area (Å²) in [6, 6.07) is 13.4. The topological polar surface area (TPSA) is 131 Å².